The number of rotatable bonds is 8. The predicted octanol–water partition coefficient (Wildman–Crippen LogP) is 3.87. The van der Waals surface area contributed by atoms with Crippen molar-refractivity contribution in [1.29, 1.82) is 0 Å². The molecule has 42 heavy (non-hydrogen) atoms. The number of hydrogen-bond donors (Lipinski definition) is 1. The van der Waals surface area contributed by atoms with E-state index in [0.29, 0.717) is 11.6 Å². The molecule has 0 spiro atoms. The third-order valence-corrected chi connectivity index (χ3v) is 8.02. The van der Waals surface area contributed by atoms with Crippen molar-refractivity contribution in [3.8, 4) is 28.1 Å². The van der Waals surface area contributed by atoms with Crippen molar-refractivity contribution in [2.24, 2.45) is 13.0 Å². The van der Waals surface area contributed by atoms with Crippen LogP contribution < -0.4 is 15.0 Å². The monoisotopic (exact) mass is 563 g/mol. The number of hydrogen-bond acceptors (Lipinski definition) is 8. The standard InChI is InChI=1S/C31H33N9O2/c1-37-19-25(16-34-37)24-13-26(30-27(17-35-40(30)20-24)36-31(41)22-4-5-22)23-6-7-28(32-15-23)39-11-9-38(10-12-39)18-21-3-8-29(42-2)33-14-21/h3,6-8,13-17,19-20,22H,4-5,9-12,18H2,1-2H3,(H,36,41). The zero-order valence-electron chi connectivity index (χ0n) is 23.8. The molecule has 11 nitrogen and oxygen atoms in total. The molecule has 1 aliphatic heterocycles. The minimum atomic E-state index is 0.0584. The van der Waals surface area contributed by atoms with E-state index in [1.54, 1.807) is 18.0 Å². The molecule has 1 N–H and O–H groups in total. The maximum absolute atomic E-state index is 12.6. The predicted molar refractivity (Wildman–Crippen MR) is 160 cm³/mol. The first-order chi connectivity index (χ1) is 20.5. The van der Waals surface area contributed by atoms with E-state index in [2.05, 4.69) is 54.6 Å². The SMILES string of the molecule is COc1ccc(CN2CCN(c3ccc(-c4cc(-c5cnn(C)c5)cn5ncc(NC(=O)C6CC6)c45)cn3)CC2)cn1. The second-order valence-corrected chi connectivity index (χ2v) is 11.0. The van der Waals surface area contributed by atoms with Crippen LogP contribution in [0.4, 0.5) is 11.5 Å². The van der Waals surface area contributed by atoms with E-state index >= 15 is 0 Å². The second kappa shape index (κ2) is 10.9. The molecule has 1 saturated carbocycles. The molecular weight excluding hydrogens is 530 g/mol. The number of anilines is 2. The van der Waals surface area contributed by atoms with E-state index in [0.717, 1.165) is 79.2 Å². The number of aryl methyl sites for hydroxylation is 1. The van der Waals surface area contributed by atoms with Crippen LogP contribution in [0.1, 0.15) is 18.4 Å². The van der Waals surface area contributed by atoms with Crippen molar-refractivity contribution in [2.75, 3.05) is 43.5 Å². The van der Waals surface area contributed by atoms with Gasteiger partial charge in [-0.2, -0.15) is 10.2 Å². The summed E-state index contributed by atoms with van der Waals surface area (Å²) >= 11 is 0. The third-order valence-electron chi connectivity index (χ3n) is 8.02. The van der Waals surface area contributed by atoms with E-state index in [-0.39, 0.29) is 11.8 Å². The number of carbonyl (C=O) groups excluding carboxylic acids is 1. The summed E-state index contributed by atoms with van der Waals surface area (Å²) in [6, 6.07) is 10.3. The normalized spacial score (nSPS) is 15.7. The molecule has 0 atom stereocenters. The molecule has 5 aromatic heterocycles. The van der Waals surface area contributed by atoms with Gasteiger partial charge in [0.2, 0.25) is 11.8 Å². The number of nitrogens with zero attached hydrogens (tertiary/aromatic N) is 8. The number of amides is 1. The topological polar surface area (TPSA) is 106 Å². The molecule has 0 aromatic carbocycles. The van der Waals surface area contributed by atoms with Crippen LogP contribution in [0.3, 0.4) is 0 Å². The fourth-order valence-electron chi connectivity index (χ4n) is 5.49. The maximum Gasteiger partial charge on any atom is 0.227 e. The number of nitrogens with one attached hydrogen (secondary N) is 1. The number of aromatic nitrogens is 6. The molecule has 1 saturated heterocycles. The lowest BCUT2D eigenvalue weighted by atomic mass is 10.0. The van der Waals surface area contributed by atoms with Gasteiger partial charge in [0.15, 0.2) is 0 Å². The van der Waals surface area contributed by atoms with E-state index in [9.17, 15) is 4.79 Å². The average Bonchev–Trinajstić information content (AvgIpc) is 3.68. The van der Waals surface area contributed by atoms with Crippen LogP contribution in [-0.4, -0.2) is 73.5 Å². The van der Waals surface area contributed by atoms with E-state index in [4.69, 9.17) is 9.72 Å². The van der Waals surface area contributed by atoms with Crippen molar-refractivity contribution in [2.45, 2.75) is 19.4 Å². The Morgan fingerprint density at radius 2 is 1.79 bits per heavy atom. The number of pyridine rings is 3. The van der Waals surface area contributed by atoms with Crippen molar-refractivity contribution in [1.82, 2.24) is 34.3 Å². The number of methoxy groups -OCH3 is 1. The zero-order chi connectivity index (χ0) is 28.6. The lowest BCUT2D eigenvalue weighted by Gasteiger charge is -2.35. The summed E-state index contributed by atoms with van der Waals surface area (Å²) in [4.78, 5) is 26.6. The summed E-state index contributed by atoms with van der Waals surface area (Å²) in [5.41, 5.74) is 6.65. The quantitative estimate of drug-likeness (QED) is 0.303. The van der Waals surface area contributed by atoms with Gasteiger partial charge in [-0.1, -0.05) is 6.07 Å². The van der Waals surface area contributed by atoms with Gasteiger partial charge < -0.3 is 15.0 Å². The van der Waals surface area contributed by atoms with Gasteiger partial charge >= 0.3 is 0 Å². The van der Waals surface area contributed by atoms with E-state index in [1.165, 1.54) is 5.56 Å². The molecule has 0 unspecified atom stereocenters. The maximum atomic E-state index is 12.6. The van der Waals surface area contributed by atoms with Crippen molar-refractivity contribution < 1.29 is 9.53 Å². The first-order valence-corrected chi connectivity index (χ1v) is 14.3. The van der Waals surface area contributed by atoms with Crippen LogP contribution >= 0.6 is 0 Å². The highest BCUT2D eigenvalue weighted by Gasteiger charge is 2.30. The lowest BCUT2D eigenvalue weighted by Crippen LogP contribution is -2.46. The Bertz CT molecular complexity index is 1710. The minimum Gasteiger partial charge on any atom is -0.481 e. The second-order valence-electron chi connectivity index (χ2n) is 11.0. The number of piperazine rings is 1. The Morgan fingerprint density at radius 1 is 0.929 bits per heavy atom. The van der Waals surface area contributed by atoms with Gasteiger partial charge in [-0.15, -0.1) is 0 Å². The zero-order valence-corrected chi connectivity index (χ0v) is 23.8. The van der Waals surface area contributed by atoms with Gasteiger partial charge in [-0.3, -0.25) is 14.4 Å². The largest absolute Gasteiger partial charge is 0.481 e. The Labute approximate surface area is 243 Å². The lowest BCUT2D eigenvalue weighted by molar-refractivity contribution is -0.117. The first-order valence-electron chi connectivity index (χ1n) is 14.3. The Kier molecular flexibility index (Phi) is 6.79. The number of fused-ring (bicyclic) bond motifs is 1. The summed E-state index contributed by atoms with van der Waals surface area (Å²) < 4.78 is 8.80. The summed E-state index contributed by atoms with van der Waals surface area (Å²) in [5, 5.41) is 12.1. The molecule has 1 amide bonds. The molecule has 2 fully saturated rings. The molecule has 6 heterocycles. The van der Waals surface area contributed by atoms with Crippen molar-refractivity contribution in [3.63, 3.8) is 0 Å². The summed E-state index contributed by atoms with van der Waals surface area (Å²) in [6.45, 7) is 4.56. The first kappa shape index (κ1) is 26.1. The smallest absolute Gasteiger partial charge is 0.227 e. The highest BCUT2D eigenvalue weighted by molar-refractivity contribution is 6.01. The van der Waals surface area contributed by atoms with Crippen molar-refractivity contribution >= 4 is 22.9 Å². The highest BCUT2D eigenvalue weighted by atomic mass is 16.5. The van der Waals surface area contributed by atoms with Crippen LogP contribution in [0.25, 0.3) is 27.8 Å². The molecule has 1 aliphatic carbocycles. The molecule has 2 aliphatic rings. The molecular formula is C31H33N9O2. The summed E-state index contributed by atoms with van der Waals surface area (Å²) in [6.07, 6.45) is 13.2. The van der Waals surface area contributed by atoms with Crippen LogP contribution in [0.2, 0.25) is 0 Å². The molecule has 11 heteroatoms. The van der Waals surface area contributed by atoms with E-state index < -0.39 is 0 Å². The third kappa shape index (κ3) is 5.30. The Balaban J connectivity index is 1.12. The van der Waals surface area contributed by atoms with Crippen LogP contribution in [0, 0.1) is 5.92 Å². The van der Waals surface area contributed by atoms with Gasteiger partial charge in [0, 0.05) is 98.8 Å². The molecule has 0 bridgehead atoms. The van der Waals surface area contributed by atoms with Crippen LogP contribution in [-0.2, 0) is 18.4 Å². The van der Waals surface area contributed by atoms with Crippen molar-refractivity contribution in [3.05, 3.63) is 73.1 Å². The Hall–Kier alpha value is -4.77. The van der Waals surface area contributed by atoms with E-state index in [1.807, 2.05) is 48.6 Å². The highest BCUT2D eigenvalue weighted by Crippen LogP contribution is 2.36. The fraction of sp³-hybridized carbons (Fsp3) is 0.323. The molecule has 5 aromatic rings. The van der Waals surface area contributed by atoms with Crippen LogP contribution in [0.15, 0.2) is 67.5 Å². The van der Waals surface area contributed by atoms with Gasteiger partial charge in [-0.25, -0.2) is 14.5 Å². The molecule has 214 valence electrons. The summed E-state index contributed by atoms with van der Waals surface area (Å²) in [7, 11) is 3.54. The Morgan fingerprint density at radius 3 is 2.45 bits per heavy atom. The van der Waals surface area contributed by atoms with Crippen LogP contribution in [0.5, 0.6) is 5.88 Å². The van der Waals surface area contributed by atoms with Gasteiger partial charge in [0.05, 0.1) is 30.7 Å². The average molecular weight is 564 g/mol. The van der Waals surface area contributed by atoms with Gasteiger partial charge in [0.1, 0.15) is 5.82 Å². The fourth-order valence-corrected chi connectivity index (χ4v) is 5.49. The molecule has 7 rings (SSSR count). The van der Waals surface area contributed by atoms with Gasteiger partial charge in [-0.05, 0) is 36.6 Å². The summed E-state index contributed by atoms with van der Waals surface area (Å²) in [5.74, 6) is 1.75. The molecule has 0 radical (unpaired) electrons. The number of ether oxygens (including phenoxy) is 1. The van der Waals surface area contributed by atoms with Gasteiger partial charge in [0.25, 0.3) is 0 Å². The minimum absolute atomic E-state index is 0.0584. The number of carbonyl (C=O) groups is 1.